The molecular weight excluding hydrogens is 424 g/mol. The fourth-order valence-electron chi connectivity index (χ4n) is 2.83. The molecule has 0 radical (unpaired) electrons. The molecule has 0 saturated carbocycles. The van der Waals surface area contributed by atoms with Gasteiger partial charge in [0.05, 0.1) is 23.6 Å². The number of benzene rings is 2. The normalized spacial score (nSPS) is 11.8. The minimum Gasteiger partial charge on any atom is -0.495 e. The number of hydrogen-bond donors (Lipinski definition) is 1. The average molecular weight is 447 g/mol. The third kappa shape index (κ3) is 5.25. The molecule has 0 spiro atoms. The van der Waals surface area contributed by atoms with Crippen LogP contribution in [-0.2, 0) is 11.8 Å². The van der Waals surface area contributed by atoms with Crippen LogP contribution < -0.4 is 14.8 Å². The van der Waals surface area contributed by atoms with Gasteiger partial charge in [-0.15, -0.1) is 10.2 Å². The average Bonchev–Trinajstić information content (AvgIpc) is 3.09. The van der Waals surface area contributed by atoms with Gasteiger partial charge in [-0.1, -0.05) is 41.6 Å². The molecule has 0 unspecified atom stereocenters. The molecule has 1 heterocycles. The van der Waals surface area contributed by atoms with Crippen molar-refractivity contribution in [1.82, 2.24) is 14.8 Å². The second kappa shape index (κ2) is 9.86. The van der Waals surface area contributed by atoms with E-state index in [-0.39, 0.29) is 17.8 Å². The van der Waals surface area contributed by atoms with Crippen molar-refractivity contribution < 1.29 is 14.3 Å². The zero-order valence-corrected chi connectivity index (χ0v) is 18.8. The smallest absolute Gasteiger partial charge is 0.234 e. The Bertz CT molecular complexity index is 1040. The van der Waals surface area contributed by atoms with Crippen LogP contribution in [0.2, 0.25) is 5.02 Å². The van der Waals surface area contributed by atoms with Crippen molar-refractivity contribution in [1.29, 1.82) is 0 Å². The molecule has 0 aliphatic heterocycles. The van der Waals surface area contributed by atoms with Gasteiger partial charge in [-0.2, -0.15) is 0 Å². The molecule has 0 bridgehead atoms. The maximum atomic E-state index is 12.4. The topological polar surface area (TPSA) is 78.3 Å². The highest BCUT2D eigenvalue weighted by Crippen LogP contribution is 2.29. The number of nitrogens with zero attached hydrogens (tertiary/aromatic N) is 3. The molecule has 3 aromatic rings. The minimum atomic E-state index is -0.359. The minimum absolute atomic E-state index is 0.159. The quantitative estimate of drug-likeness (QED) is 0.507. The summed E-state index contributed by atoms with van der Waals surface area (Å²) in [5, 5.41) is 12.4. The van der Waals surface area contributed by atoms with Gasteiger partial charge in [-0.25, -0.2) is 0 Å². The number of methoxy groups -OCH3 is 1. The van der Waals surface area contributed by atoms with Crippen LogP contribution in [0.1, 0.15) is 24.4 Å². The maximum Gasteiger partial charge on any atom is 0.234 e. The highest BCUT2D eigenvalue weighted by Gasteiger charge is 2.19. The van der Waals surface area contributed by atoms with Crippen LogP contribution in [0.15, 0.2) is 47.6 Å². The van der Waals surface area contributed by atoms with Crippen LogP contribution in [0.5, 0.6) is 11.5 Å². The summed E-state index contributed by atoms with van der Waals surface area (Å²) in [7, 11) is 3.41. The van der Waals surface area contributed by atoms with Crippen molar-refractivity contribution in [2.75, 3.05) is 18.2 Å². The van der Waals surface area contributed by atoms with Gasteiger partial charge in [0.1, 0.15) is 11.5 Å². The summed E-state index contributed by atoms with van der Waals surface area (Å²) < 4.78 is 13.0. The molecule has 0 aliphatic rings. The fourth-order valence-corrected chi connectivity index (χ4v) is 3.72. The first kappa shape index (κ1) is 22.0. The van der Waals surface area contributed by atoms with Crippen LogP contribution >= 0.6 is 23.4 Å². The standard InChI is InChI=1S/C21H23ClN4O3S/c1-13-9-10-18(28-4)16(11-13)23-19(27)12-30-21-25-24-20(26(21)3)14(2)29-17-8-6-5-7-15(17)22/h5-11,14H,12H2,1-4H3,(H,23,27)/t14-/m1/s1. The molecule has 1 atom stereocenters. The van der Waals surface area contributed by atoms with E-state index in [2.05, 4.69) is 15.5 Å². The van der Waals surface area contributed by atoms with Crippen LogP contribution in [0.3, 0.4) is 0 Å². The number of halogens is 1. The van der Waals surface area contributed by atoms with Crippen molar-refractivity contribution in [3.8, 4) is 11.5 Å². The van der Waals surface area contributed by atoms with Crippen molar-refractivity contribution in [2.45, 2.75) is 25.1 Å². The molecule has 1 aromatic heterocycles. The summed E-state index contributed by atoms with van der Waals surface area (Å²) in [6.45, 7) is 3.83. The van der Waals surface area contributed by atoms with E-state index in [0.29, 0.717) is 33.2 Å². The first-order valence-electron chi connectivity index (χ1n) is 9.26. The second-order valence-corrected chi connectivity index (χ2v) is 7.98. The second-order valence-electron chi connectivity index (χ2n) is 6.63. The number of amides is 1. The number of hydrogen-bond acceptors (Lipinski definition) is 6. The molecule has 1 amide bonds. The predicted molar refractivity (Wildman–Crippen MR) is 119 cm³/mol. The van der Waals surface area contributed by atoms with Gasteiger partial charge < -0.3 is 19.4 Å². The Morgan fingerprint density at radius 2 is 2.00 bits per heavy atom. The van der Waals surface area contributed by atoms with Gasteiger partial charge >= 0.3 is 0 Å². The van der Waals surface area contributed by atoms with Crippen LogP contribution in [0.4, 0.5) is 5.69 Å². The third-order valence-corrected chi connectivity index (χ3v) is 5.67. The zero-order chi connectivity index (χ0) is 21.7. The van der Waals surface area contributed by atoms with Crippen LogP contribution in [0.25, 0.3) is 0 Å². The van der Waals surface area contributed by atoms with Gasteiger partial charge in [0.15, 0.2) is 17.1 Å². The lowest BCUT2D eigenvalue weighted by Gasteiger charge is -2.15. The molecule has 158 valence electrons. The van der Waals surface area contributed by atoms with E-state index in [4.69, 9.17) is 21.1 Å². The highest BCUT2D eigenvalue weighted by molar-refractivity contribution is 7.99. The van der Waals surface area contributed by atoms with Crippen molar-refractivity contribution >= 4 is 35.0 Å². The van der Waals surface area contributed by atoms with E-state index >= 15 is 0 Å². The van der Waals surface area contributed by atoms with Gasteiger partial charge in [0.25, 0.3) is 0 Å². The van der Waals surface area contributed by atoms with Crippen LogP contribution in [-0.4, -0.2) is 33.5 Å². The van der Waals surface area contributed by atoms with Gasteiger partial charge in [-0.05, 0) is 43.7 Å². The van der Waals surface area contributed by atoms with E-state index in [0.717, 1.165) is 5.56 Å². The van der Waals surface area contributed by atoms with Gasteiger partial charge in [0.2, 0.25) is 5.91 Å². The van der Waals surface area contributed by atoms with Gasteiger partial charge in [-0.3, -0.25) is 4.79 Å². The number of para-hydroxylation sites is 1. The number of aromatic nitrogens is 3. The molecule has 30 heavy (non-hydrogen) atoms. The van der Waals surface area contributed by atoms with Gasteiger partial charge in [0, 0.05) is 7.05 Å². The Morgan fingerprint density at radius 1 is 1.23 bits per heavy atom. The summed E-state index contributed by atoms with van der Waals surface area (Å²) in [6.07, 6.45) is -0.359. The molecule has 0 fully saturated rings. The zero-order valence-electron chi connectivity index (χ0n) is 17.2. The summed E-state index contributed by atoms with van der Waals surface area (Å²) in [4.78, 5) is 12.4. The number of nitrogens with one attached hydrogen (secondary N) is 1. The number of thioether (sulfide) groups is 1. The van der Waals surface area contributed by atoms with E-state index < -0.39 is 0 Å². The largest absolute Gasteiger partial charge is 0.495 e. The lowest BCUT2D eigenvalue weighted by Crippen LogP contribution is -2.15. The summed E-state index contributed by atoms with van der Waals surface area (Å²) >= 11 is 7.45. The third-order valence-electron chi connectivity index (χ3n) is 4.33. The Balaban J connectivity index is 1.62. The van der Waals surface area contributed by atoms with E-state index in [1.807, 2.05) is 55.8 Å². The molecule has 0 aliphatic carbocycles. The molecule has 3 rings (SSSR count). The van der Waals surface area contributed by atoms with E-state index in [1.54, 1.807) is 19.2 Å². The lowest BCUT2D eigenvalue weighted by molar-refractivity contribution is -0.113. The van der Waals surface area contributed by atoms with E-state index in [9.17, 15) is 4.79 Å². The monoisotopic (exact) mass is 446 g/mol. The fraction of sp³-hybridized carbons (Fsp3) is 0.286. The lowest BCUT2D eigenvalue weighted by atomic mass is 10.2. The number of anilines is 1. The van der Waals surface area contributed by atoms with Crippen LogP contribution in [0, 0.1) is 6.92 Å². The number of carbonyl (C=O) groups is 1. The SMILES string of the molecule is COc1ccc(C)cc1NC(=O)CSc1nnc([C@@H](C)Oc2ccccc2Cl)n1C. The Morgan fingerprint density at radius 3 is 2.73 bits per heavy atom. The first-order valence-corrected chi connectivity index (χ1v) is 10.6. The molecule has 2 aromatic carbocycles. The summed E-state index contributed by atoms with van der Waals surface area (Å²) in [5.41, 5.74) is 1.67. The molecule has 7 nitrogen and oxygen atoms in total. The maximum absolute atomic E-state index is 12.4. The Hall–Kier alpha value is -2.71. The molecule has 9 heteroatoms. The molecule has 0 saturated heterocycles. The number of carbonyl (C=O) groups excluding carboxylic acids is 1. The van der Waals surface area contributed by atoms with Crippen molar-refractivity contribution in [2.24, 2.45) is 7.05 Å². The number of rotatable bonds is 8. The Labute approximate surface area is 184 Å². The summed E-state index contributed by atoms with van der Waals surface area (Å²) in [6, 6.07) is 12.9. The highest BCUT2D eigenvalue weighted by atomic mass is 35.5. The molecule has 1 N–H and O–H groups in total. The number of ether oxygens (including phenoxy) is 2. The van der Waals surface area contributed by atoms with Crippen molar-refractivity contribution in [3.05, 3.63) is 58.9 Å². The Kier molecular flexibility index (Phi) is 7.23. The van der Waals surface area contributed by atoms with Crippen molar-refractivity contribution in [3.63, 3.8) is 0 Å². The molecular formula is C21H23ClN4O3S. The number of aryl methyl sites for hydroxylation is 1. The first-order chi connectivity index (χ1) is 14.4. The predicted octanol–water partition coefficient (Wildman–Crippen LogP) is 4.66. The summed E-state index contributed by atoms with van der Waals surface area (Å²) in [5.74, 6) is 1.86. The van der Waals surface area contributed by atoms with E-state index in [1.165, 1.54) is 11.8 Å².